The zero-order valence-electron chi connectivity index (χ0n) is 12.7. The second kappa shape index (κ2) is 6.13. The molecule has 1 heterocycles. The minimum Gasteiger partial charge on any atom is -0.508 e. The number of amides is 1. The summed E-state index contributed by atoms with van der Waals surface area (Å²) in [4.78, 5) is 25.9. The number of hydrogen-bond acceptors (Lipinski definition) is 4. The Labute approximate surface area is 147 Å². The zero-order chi connectivity index (χ0) is 17.4. The predicted octanol–water partition coefficient (Wildman–Crippen LogP) is 3.64. The second-order valence-electron chi connectivity index (χ2n) is 5.46. The van der Waals surface area contributed by atoms with Crippen molar-refractivity contribution in [2.45, 2.75) is 13.0 Å². The molecule has 0 unspecified atom stereocenters. The van der Waals surface area contributed by atoms with Crippen molar-refractivity contribution in [1.29, 1.82) is 0 Å². The monoisotopic (exact) mass is 387 g/mol. The molecule has 3 rings (SSSR count). The van der Waals surface area contributed by atoms with Crippen molar-refractivity contribution < 1.29 is 19.8 Å². The summed E-state index contributed by atoms with van der Waals surface area (Å²) in [5, 5.41) is 19.7. The van der Waals surface area contributed by atoms with Gasteiger partial charge in [0.25, 0.3) is 5.91 Å². The van der Waals surface area contributed by atoms with Gasteiger partial charge >= 0.3 is 0 Å². The zero-order valence-corrected chi connectivity index (χ0v) is 14.3. The minimum absolute atomic E-state index is 0.0644. The lowest BCUT2D eigenvalue weighted by atomic mass is 9.96. The van der Waals surface area contributed by atoms with Gasteiger partial charge in [-0.05, 0) is 48.9 Å². The molecule has 1 amide bonds. The molecule has 1 aliphatic rings. The van der Waals surface area contributed by atoms with Crippen LogP contribution in [0.15, 0.2) is 64.3 Å². The number of phenols is 1. The van der Waals surface area contributed by atoms with Gasteiger partial charge in [0.1, 0.15) is 5.75 Å². The van der Waals surface area contributed by atoms with Crippen LogP contribution in [-0.2, 0) is 9.59 Å². The summed E-state index contributed by atoms with van der Waals surface area (Å²) in [6.07, 6.45) is 0. The summed E-state index contributed by atoms with van der Waals surface area (Å²) < 4.78 is 0.865. The van der Waals surface area contributed by atoms with E-state index in [9.17, 15) is 19.8 Å². The van der Waals surface area contributed by atoms with Gasteiger partial charge in [-0.2, -0.15) is 0 Å². The first-order valence-electron chi connectivity index (χ1n) is 7.22. The SMILES string of the molecule is CC(=O)C1=C(O)C(=O)N(c2ccc(O)cc2)[C@H]1c1ccc(Br)cc1. The molecule has 2 aromatic carbocycles. The van der Waals surface area contributed by atoms with Crippen LogP contribution in [0, 0.1) is 0 Å². The third kappa shape index (κ3) is 2.69. The Morgan fingerprint density at radius 3 is 2.17 bits per heavy atom. The fraction of sp³-hybridized carbons (Fsp3) is 0.111. The van der Waals surface area contributed by atoms with Gasteiger partial charge in [0.2, 0.25) is 0 Å². The first kappa shape index (κ1) is 16.3. The van der Waals surface area contributed by atoms with Crippen molar-refractivity contribution in [3.8, 4) is 5.75 Å². The van der Waals surface area contributed by atoms with Gasteiger partial charge < -0.3 is 10.2 Å². The molecule has 0 aliphatic carbocycles. The normalized spacial score (nSPS) is 17.5. The van der Waals surface area contributed by atoms with Crippen LogP contribution in [0.1, 0.15) is 18.5 Å². The number of aromatic hydroxyl groups is 1. The smallest absolute Gasteiger partial charge is 0.294 e. The van der Waals surface area contributed by atoms with Gasteiger partial charge in [-0.25, -0.2) is 0 Å². The van der Waals surface area contributed by atoms with E-state index in [-0.39, 0.29) is 17.1 Å². The fourth-order valence-corrected chi connectivity index (χ4v) is 3.07. The van der Waals surface area contributed by atoms with Crippen LogP contribution in [0.2, 0.25) is 0 Å². The number of ketones is 1. The molecule has 6 heteroatoms. The van der Waals surface area contributed by atoms with Crippen molar-refractivity contribution in [1.82, 2.24) is 0 Å². The van der Waals surface area contributed by atoms with Crippen LogP contribution < -0.4 is 4.90 Å². The lowest BCUT2D eigenvalue weighted by Gasteiger charge is -2.26. The maximum atomic E-state index is 12.6. The molecular formula is C18H14BrNO4. The van der Waals surface area contributed by atoms with Crippen LogP contribution in [0.4, 0.5) is 5.69 Å². The number of nitrogens with zero attached hydrogens (tertiary/aromatic N) is 1. The lowest BCUT2D eigenvalue weighted by molar-refractivity contribution is -0.117. The third-order valence-corrected chi connectivity index (χ3v) is 4.43. The fourth-order valence-electron chi connectivity index (χ4n) is 2.80. The highest BCUT2D eigenvalue weighted by molar-refractivity contribution is 9.10. The summed E-state index contributed by atoms with van der Waals surface area (Å²) in [6.45, 7) is 1.32. The van der Waals surface area contributed by atoms with E-state index < -0.39 is 17.7 Å². The first-order chi connectivity index (χ1) is 11.4. The Hall–Kier alpha value is -2.60. The van der Waals surface area contributed by atoms with E-state index in [4.69, 9.17) is 0 Å². The van der Waals surface area contributed by atoms with E-state index in [0.29, 0.717) is 11.3 Å². The van der Waals surface area contributed by atoms with E-state index in [1.54, 1.807) is 24.3 Å². The van der Waals surface area contributed by atoms with Crippen molar-refractivity contribution >= 4 is 33.3 Å². The van der Waals surface area contributed by atoms with Crippen LogP contribution in [0.3, 0.4) is 0 Å². The largest absolute Gasteiger partial charge is 0.508 e. The number of phenolic OH excluding ortho intramolecular Hbond substituents is 1. The predicted molar refractivity (Wildman–Crippen MR) is 92.8 cm³/mol. The van der Waals surface area contributed by atoms with Gasteiger partial charge in [0.05, 0.1) is 11.6 Å². The average Bonchev–Trinajstić information content (AvgIpc) is 2.81. The number of aliphatic hydroxyl groups excluding tert-OH is 1. The molecule has 0 radical (unpaired) electrons. The van der Waals surface area contributed by atoms with Crippen molar-refractivity contribution in [3.63, 3.8) is 0 Å². The van der Waals surface area contributed by atoms with Crippen molar-refractivity contribution in [2.24, 2.45) is 0 Å². The highest BCUT2D eigenvalue weighted by Gasteiger charge is 2.43. The number of hydrogen-bond donors (Lipinski definition) is 2. The second-order valence-corrected chi connectivity index (χ2v) is 6.38. The molecule has 0 saturated carbocycles. The van der Waals surface area contributed by atoms with Crippen LogP contribution in [-0.4, -0.2) is 21.9 Å². The standard InChI is InChI=1S/C18H14BrNO4/c1-10(21)15-16(11-2-4-12(19)5-3-11)20(18(24)17(15)23)13-6-8-14(22)9-7-13/h2-9,16,22-23H,1H3/t16-/m0/s1. The Balaban J connectivity index is 2.16. The molecule has 0 spiro atoms. The molecule has 5 nitrogen and oxygen atoms in total. The van der Waals surface area contributed by atoms with Crippen molar-refractivity contribution in [2.75, 3.05) is 4.90 Å². The molecule has 2 N–H and O–H groups in total. The number of rotatable bonds is 3. The van der Waals surface area contributed by atoms with Crippen LogP contribution >= 0.6 is 15.9 Å². The van der Waals surface area contributed by atoms with Gasteiger partial charge in [0.15, 0.2) is 11.5 Å². The van der Waals surface area contributed by atoms with E-state index >= 15 is 0 Å². The van der Waals surface area contributed by atoms with Crippen LogP contribution in [0.5, 0.6) is 5.75 Å². The van der Waals surface area contributed by atoms with Gasteiger partial charge in [-0.15, -0.1) is 0 Å². The van der Waals surface area contributed by atoms with E-state index in [2.05, 4.69) is 15.9 Å². The van der Waals surface area contributed by atoms with Gasteiger partial charge in [-0.3, -0.25) is 14.5 Å². The molecular weight excluding hydrogens is 374 g/mol. The van der Waals surface area contributed by atoms with Crippen LogP contribution in [0.25, 0.3) is 0 Å². The highest BCUT2D eigenvalue weighted by Crippen LogP contribution is 2.41. The van der Waals surface area contributed by atoms with Crippen molar-refractivity contribution in [3.05, 3.63) is 69.9 Å². The Morgan fingerprint density at radius 1 is 1.04 bits per heavy atom. The number of carbonyl (C=O) groups excluding carboxylic acids is 2. The molecule has 1 aliphatic heterocycles. The summed E-state index contributed by atoms with van der Waals surface area (Å²) in [5.74, 6) is -1.48. The first-order valence-corrected chi connectivity index (χ1v) is 8.01. The Morgan fingerprint density at radius 2 is 1.62 bits per heavy atom. The number of halogens is 1. The van der Waals surface area contributed by atoms with Gasteiger partial charge in [-0.1, -0.05) is 28.1 Å². The number of aliphatic hydroxyl groups is 1. The Kier molecular flexibility index (Phi) is 4.15. The average molecular weight is 388 g/mol. The topological polar surface area (TPSA) is 77.8 Å². The van der Waals surface area contributed by atoms with E-state index in [1.807, 2.05) is 12.1 Å². The summed E-state index contributed by atoms with van der Waals surface area (Å²) >= 11 is 3.35. The molecule has 24 heavy (non-hydrogen) atoms. The quantitative estimate of drug-likeness (QED) is 0.842. The summed E-state index contributed by atoms with van der Waals surface area (Å²) in [7, 11) is 0. The summed E-state index contributed by atoms with van der Waals surface area (Å²) in [5.41, 5.74) is 1.25. The van der Waals surface area contributed by atoms with E-state index in [0.717, 1.165) is 4.47 Å². The van der Waals surface area contributed by atoms with E-state index in [1.165, 1.54) is 24.0 Å². The molecule has 1 atom stereocenters. The third-order valence-electron chi connectivity index (χ3n) is 3.90. The van der Waals surface area contributed by atoms with Gasteiger partial charge in [0, 0.05) is 10.2 Å². The number of anilines is 1. The molecule has 0 saturated heterocycles. The Bertz CT molecular complexity index is 840. The molecule has 122 valence electrons. The maximum absolute atomic E-state index is 12.6. The highest BCUT2D eigenvalue weighted by atomic mass is 79.9. The molecule has 0 fully saturated rings. The summed E-state index contributed by atoms with van der Waals surface area (Å²) in [6, 6.07) is 12.5. The lowest BCUT2D eigenvalue weighted by Crippen LogP contribution is -2.30. The minimum atomic E-state index is -0.715. The number of benzene rings is 2. The number of Topliss-reactive ketones (excluding diaryl/α,β-unsaturated/α-hetero) is 1. The number of carbonyl (C=O) groups is 2. The molecule has 0 aromatic heterocycles. The molecule has 2 aromatic rings. The molecule has 0 bridgehead atoms. The maximum Gasteiger partial charge on any atom is 0.294 e.